The maximum atomic E-state index is 10.6. The number of hydrogen-bond donors (Lipinski definition) is 2. The Balaban J connectivity index is 1.90. The van der Waals surface area contributed by atoms with Gasteiger partial charge >= 0.3 is 0 Å². The molecule has 0 saturated carbocycles. The Labute approximate surface area is 151 Å². The minimum Gasteiger partial charge on any atom is -0.493 e. The van der Waals surface area contributed by atoms with Gasteiger partial charge in [-0.2, -0.15) is 0 Å². The zero-order valence-electron chi connectivity index (χ0n) is 14.0. The average Bonchev–Trinajstić information content (AvgIpc) is 2.86. The van der Waals surface area contributed by atoms with E-state index in [1.54, 1.807) is 4.57 Å². The van der Waals surface area contributed by atoms with Gasteiger partial charge in [-0.15, -0.1) is 10.2 Å². The summed E-state index contributed by atoms with van der Waals surface area (Å²) in [4.78, 5) is 1.97. The van der Waals surface area contributed by atoms with Crippen molar-refractivity contribution >= 4 is 39.6 Å². The summed E-state index contributed by atoms with van der Waals surface area (Å²) in [6, 6.07) is 17.2. The molecular formula is C18H19N5OS. The molecule has 0 bridgehead atoms. The second-order valence-electron chi connectivity index (χ2n) is 5.83. The van der Waals surface area contributed by atoms with Crippen molar-refractivity contribution in [1.29, 1.82) is 0 Å². The van der Waals surface area contributed by atoms with Crippen LogP contribution in [0.15, 0.2) is 64.8 Å². The molecule has 0 amide bonds. The van der Waals surface area contributed by atoms with E-state index >= 15 is 0 Å². The molecule has 128 valence electrons. The Morgan fingerprint density at radius 1 is 1.12 bits per heavy atom. The molecule has 0 spiro atoms. The van der Waals surface area contributed by atoms with Gasteiger partial charge in [0.2, 0.25) is 11.0 Å². The molecule has 6 nitrogen and oxygen atoms in total. The first-order valence-electron chi connectivity index (χ1n) is 7.79. The summed E-state index contributed by atoms with van der Waals surface area (Å²) in [5, 5.41) is 22.9. The number of aromatic nitrogens is 1. The van der Waals surface area contributed by atoms with Crippen molar-refractivity contribution in [2.45, 2.75) is 6.67 Å². The molecule has 25 heavy (non-hydrogen) atoms. The van der Waals surface area contributed by atoms with Crippen LogP contribution in [-0.2, 0) is 6.67 Å². The first-order valence-corrected chi connectivity index (χ1v) is 8.20. The Kier molecular flexibility index (Phi) is 5.06. The number of aromatic hydroxyl groups is 1. The summed E-state index contributed by atoms with van der Waals surface area (Å²) in [6.07, 6.45) is 0. The molecule has 2 N–H and O–H groups in total. The van der Waals surface area contributed by atoms with Crippen molar-refractivity contribution in [3.05, 3.63) is 54.6 Å². The van der Waals surface area contributed by atoms with E-state index in [1.807, 2.05) is 73.6 Å². The van der Waals surface area contributed by atoms with Crippen molar-refractivity contribution in [3.63, 3.8) is 0 Å². The molecule has 0 aliphatic rings. The molecular weight excluding hydrogens is 334 g/mol. The minimum absolute atomic E-state index is 0.0705. The first kappa shape index (κ1) is 17.1. The molecule has 0 saturated heterocycles. The quantitative estimate of drug-likeness (QED) is 0.541. The fourth-order valence-corrected chi connectivity index (χ4v) is 2.72. The highest BCUT2D eigenvalue weighted by atomic mass is 32.1. The monoisotopic (exact) mass is 353 g/mol. The number of nitrogens with one attached hydrogen (secondary N) is 1. The third kappa shape index (κ3) is 3.84. The lowest BCUT2D eigenvalue weighted by Gasteiger charge is -2.12. The maximum Gasteiger partial charge on any atom is 0.221 e. The predicted octanol–water partition coefficient (Wildman–Crippen LogP) is 4.35. The van der Waals surface area contributed by atoms with Gasteiger partial charge in [0.05, 0.1) is 12.2 Å². The van der Waals surface area contributed by atoms with Crippen LogP contribution in [0.4, 0.5) is 11.4 Å². The lowest BCUT2D eigenvalue weighted by Crippen LogP contribution is -2.16. The molecule has 1 heterocycles. The van der Waals surface area contributed by atoms with Gasteiger partial charge in [0.15, 0.2) is 5.69 Å². The van der Waals surface area contributed by atoms with Crippen LogP contribution >= 0.6 is 12.2 Å². The van der Waals surface area contributed by atoms with Gasteiger partial charge < -0.3 is 10.4 Å². The normalized spacial score (nSPS) is 11.5. The first-order chi connectivity index (χ1) is 12.1. The van der Waals surface area contributed by atoms with Crippen LogP contribution in [0.5, 0.6) is 5.88 Å². The van der Waals surface area contributed by atoms with Crippen LogP contribution in [0.1, 0.15) is 0 Å². The summed E-state index contributed by atoms with van der Waals surface area (Å²) >= 11 is 5.21. The van der Waals surface area contributed by atoms with Crippen LogP contribution in [0, 0.1) is 0 Å². The van der Waals surface area contributed by atoms with Crippen LogP contribution in [0.2, 0.25) is 0 Å². The van der Waals surface area contributed by atoms with Gasteiger partial charge in [0.25, 0.3) is 0 Å². The summed E-state index contributed by atoms with van der Waals surface area (Å²) < 4.78 is 1.79. The van der Waals surface area contributed by atoms with Gasteiger partial charge in [-0.05, 0) is 44.5 Å². The largest absolute Gasteiger partial charge is 0.493 e. The third-order valence-corrected chi connectivity index (χ3v) is 3.79. The summed E-state index contributed by atoms with van der Waals surface area (Å²) in [5.41, 5.74) is 2.14. The number of para-hydroxylation sites is 2. The number of rotatable bonds is 4. The Hall–Kier alpha value is -2.77. The van der Waals surface area contributed by atoms with E-state index < -0.39 is 0 Å². The van der Waals surface area contributed by atoms with Crippen molar-refractivity contribution in [2.75, 3.05) is 19.4 Å². The standard InChI is InChI=1S/C18H19N5OS/c1-22(2)12-23-15-11-7-6-10-14(15)16(17(23)24)20-21-18(25)19-13-8-4-3-5-9-13/h3-11,24H,12H2,1-2H3,(H,19,25). The van der Waals surface area contributed by atoms with E-state index in [9.17, 15) is 5.11 Å². The lowest BCUT2D eigenvalue weighted by molar-refractivity contribution is 0.304. The molecule has 1 aromatic heterocycles. The summed E-state index contributed by atoms with van der Waals surface area (Å²) in [6.45, 7) is 0.536. The van der Waals surface area contributed by atoms with E-state index in [2.05, 4.69) is 15.5 Å². The maximum absolute atomic E-state index is 10.6. The summed E-state index contributed by atoms with van der Waals surface area (Å²) in [7, 11) is 3.88. The van der Waals surface area contributed by atoms with Gasteiger partial charge in [-0.3, -0.25) is 9.47 Å². The van der Waals surface area contributed by atoms with Crippen molar-refractivity contribution in [1.82, 2.24) is 9.47 Å². The second kappa shape index (κ2) is 7.42. The topological polar surface area (TPSA) is 65.1 Å². The molecule has 7 heteroatoms. The molecule has 0 aliphatic heterocycles. The number of anilines is 1. The van der Waals surface area contributed by atoms with Crippen LogP contribution in [-0.4, -0.2) is 33.8 Å². The van der Waals surface area contributed by atoms with Crippen LogP contribution in [0.25, 0.3) is 10.9 Å². The van der Waals surface area contributed by atoms with E-state index in [0.29, 0.717) is 12.4 Å². The van der Waals surface area contributed by atoms with Crippen LogP contribution < -0.4 is 5.32 Å². The Morgan fingerprint density at radius 2 is 1.80 bits per heavy atom. The van der Waals surface area contributed by atoms with E-state index in [-0.39, 0.29) is 11.0 Å². The Bertz CT molecular complexity index is 918. The molecule has 3 rings (SSSR count). The minimum atomic E-state index is 0.0705. The number of thiocarbonyl (C=S) groups is 1. The highest BCUT2D eigenvalue weighted by molar-refractivity contribution is 7.80. The highest BCUT2D eigenvalue weighted by Crippen LogP contribution is 2.38. The molecule has 2 aromatic carbocycles. The van der Waals surface area contributed by atoms with Gasteiger partial charge in [-0.1, -0.05) is 36.4 Å². The van der Waals surface area contributed by atoms with Crippen molar-refractivity contribution < 1.29 is 5.11 Å². The molecule has 0 atom stereocenters. The highest BCUT2D eigenvalue weighted by Gasteiger charge is 2.16. The van der Waals surface area contributed by atoms with Gasteiger partial charge in [-0.25, -0.2) is 0 Å². The van der Waals surface area contributed by atoms with Crippen molar-refractivity contribution in [3.8, 4) is 5.88 Å². The zero-order chi connectivity index (χ0) is 17.8. The molecule has 0 radical (unpaired) electrons. The van der Waals surface area contributed by atoms with E-state index in [0.717, 1.165) is 16.6 Å². The molecule has 0 aliphatic carbocycles. The van der Waals surface area contributed by atoms with E-state index in [1.165, 1.54) is 0 Å². The fraction of sp³-hybridized carbons (Fsp3) is 0.167. The SMILES string of the molecule is CN(C)Cn1c(O)c(N=NC(=S)Nc2ccccc2)c2ccccc21. The molecule has 3 aromatic rings. The molecule has 0 fully saturated rings. The zero-order valence-corrected chi connectivity index (χ0v) is 14.9. The number of azo groups is 1. The van der Waals surface area contributed by atoms with Crippen molar-refractivity contribution in [2.24, 2.45) is 10.2 Å². The predicted molar refractivity (Wildman–Crippen MR) is 104 cm³/mol. The number of fused-ring (bicyclic) bond motifs is 1. The average molecular weight is 353 g/mol. The molecule has 0 unspecified atom stereocenters. The van der Waals surface area contributed by atoms with Gasteiger partial charge in [0, 0.05) is 11.1 Å². The number of benzene rings is 2. The van der Waals surface area contributed by atoms with E-state index in [4.69, 9.17) is 12.2 Å². The lowest BCUT2D eigenvalue weighted by atomic mass is 10.2. The summed E-state index contributed by atoms with van der Waals surface area (Å²) in [5.74, 6) is 0.0705. The van der Waals surface area contributed by atoms with Gasteiger partial charge in [0.1, 0.15) is 0 Å². The smallest absolute Gasteiger partial charge is 0.221 e. The number of nitrogens with zero attached hydrogens (tertiary/aromatic N) is 4. The number of hydrogen-bond acceptors (Lipinski definition) is 4. The third-order valence-electron chi connectivity index (χ3n) is 3.61. The second-order valence-corrected chi connectivity index (χ2v) is 6.22. The Morgan fingerprint density at radius 3 is 2.52 bits per heavy atom. The fourth-order valence-electron chi connectivity index (χ4n) is 2.56. The van der Waals surface area contributed by atoms with Crippen LogP contribution in [0.3, 0.4) is 0 Å².